The Labute approximate surface area is 116 Å². The lowest BCUT2D eigenvalue weighted by Gasteiger charge is -2.11. The number of H-pyrrole nitrogens is 1. The molecule has 20 heavy (non-hydrogen) atoms. The van der Waals surface area contributed by atoms with Crippen molar-refractivity contribution in [3.63, 3.8) is 0 Å². The van der Waals surface area contributed by atoms with Gasteiger partial charge in [-0.1, -0.05) is 24.3 Å². The van der Waals surface area contributed by atoms with E-state index in [0.717, 1.165) is 27.9 Å². The fourth-order valence-corrected chi connectivity index (χ4v) is 2.65. The molecule has 0 saturated carbocycles. The Bertz CT molecular complexity index is 731. The summed E-state index contributed by atoms with van der Waals surface area (Å²) >= 11 is 0. The van der Waals surface area contributed by atoms with E-state index >= 15 is 0 Å². The maximum absolute atomic E-state index is 5.70. The molecule has 1 aliphatic heterocycles. The van der Waals surface area contributed by atoms with Crippen LogP contribution in [-0.2, 0) is 9.47 Å². The van der Waals surface area contributed by atoms with E-state index in [4.69, 9.17) is 9.47 Å². The monoisotopic (exact) mass is 266 g/mol. The molecule has 2 aromatic heterocycles. The van der Waals surface area contributed by atoms with Crippen LogP contribution in [0.25, 0.3) is 22.3 Å². The summed E-state index contributed by atoms with van der Waals surface area (Å²) in [6.07, 6.45) is 1.48. The molecule has 0 unspecified atom stereocenters. The van der Waals surface area contributed by atoms with E-state index in [0.29, 0.717) is 13.2 Å². The zero-order valence-corrected chi connectivity index (χ0v) is 10.9. The number of nitrogens with one attached hydrogen (secondary N) is 1. The minimum Gasteiger partial charge on any atom is -0.353 e. The molecule has 3 heterocycles. The molecule has 1 fully saturated rings. The van der Waals surface area contributed by atoms with Gasteiger partial charge in [0.1, 0.15) is 0 Å². The van der Waals surface area contributed by atoms with Crippen molar-refractivity contribution in [1.29, 1.82) is 0 Å². The Morgan fingerprint density at radius 3 is 2.60 bits per heavy atom. The summed E-state index contributed by atoms with van der Waals surface area (Å²) < 4.78 is 11.4. The van der Waals surface area contributed by atoms with Gasteiger partial charge in [0.15, 0.2) is 6.29 Å². The summed E-state index contributed by atoms with van der Waals surface area (Å²) in [5.41, 5.74) is 3.98. The zero-order chi connectivity index (χ0) is 13.4. The Kier molecular flexibility index (Phi) is 2.76. The van der Waals surface area contributed by atoms with E-state index in [9.17, 15) is 0 Å². The highest BCUT2D eigenvalue weighted by molar-refractivity contribution is 5.90. The summed E-state index contributed by atoms with van der Waals surface area (Å²) in [6.45, 7) is 1.26. The van der Waals surface area contributed by atoms with Crippen molar-refractivity contribution < 1.29 is 9.47 Å². The topological polar surface area (TPSA) is 47.1 Å². The van der Waals surface area contributed by atoms with Gasteiger partial charge in [-0.2, -0.15) is 0 Å². The smallest absolute Gasteiger partial charge is 0.186 e. The number of hydrogen-bond donors (Lipinski definition) is 1. The van der Waals surface area contributed by atoms with Crippen LogP contribution in [0.5, 0.6) is 0 Å². The fourth-order valence-electron chi connectivity index (χ4n) is 2.65. The predicted molar refractivity (Wildman–Crippen MR) is 76.2 cm³/mol. The molecule has 1 aromatic carbocycles. The average Bonchev–Trinajstić information content (AvgIpc) is 3.14. The molecule has 0 radical (unpaired) electrons. The lowest BCUT2D eigenvalue weighted by atomic mass is 10.1. The number of ether oxygens (including phenoxy) is 2. The number of hydrogen-bond acceptors (Lipinski definition) is 3. The summed E-state index contributed by atoms with van der Waals surface area (Å²) in [5, 5.41) is 1.13. The Morgan fingerprint density at radius 2 is 1.80 bits per heavy atom. The zero-order valence-electron chi connectivity index (χ0n) is 10.9. The highest BCUT2D eigenvalue weighted by Gasteiger charge is 2.26. The first-order valence-corrected chi connectivity index (χ1v) is 6.69. The molecule has 0 bridgehead atoms. The van der Waals surface area contributed by atoms with E-state index < -0.39 is 0 Å². The van der Waals surface area contributed by atoms with Crippen LogP contribution in [0.1, 0.15) is 11.9 Å². The van der Waals surface area contributed by atoms with Gasteiger partial charge in [0.2, 0.25) is 0 Å². The number of benzene rings is 1. The third kappa shape index (κ3) is 1.81. The second-order valence-corrected chi connectivity index (χ2v) is 4.75. The van der Waals surface area contributed by atoms with E-state index in [1.165, 1.54) is 0 Å². The van der Waals surface area contributed by atoms with Gasteiger partial charge in [-0.3, -0.25) is 4.98 Å². The Balaban J connectivity index is 1.97. The van der Waals surface area contributed by atoms with Gasteiger partial charge in [0.05, 0.1) is 24.6 Å². The standard InChI is InChI=1S/C16H14N2O2/c1-2-6-12-11(5-1)14(16-19-9-10-20-16)15(18-12)13-7-3-4-8-17-13/h1-8,16,18H,9-10H2. The second-order valence-electron chi connectivity index (χ2n) is 4.75. The molecule has 3 aromatic rings. The summed E-state index contributed by atoms with van der Waals surface area (Å²) in [4.78, 5) is 7.87. The largest absolute Gasteiger partial charge is 0.353 e. The highest BCUT2D eigenvalue weighted by Crippen LogP contribution is 2.37. The van der Waals surface area contributed by atoms with E-state index in [1.807, 2.05) is 30.3 Å². The Morgan fingerprint density at radius 1 is 1.00 bits per heavy atom. The molecule has 0 amide bonds. The quantitative estimate of drug-likeness (QED) is 0.774. The highest BCUT2D eigenvalue weighted by atomic mass is 16.7. The SMILES string of the molecule is c1ccc(-c2[nH]c3ccccc3c2C2OCCO2)nc1. The lowest BCUT2D eigenvalue weighted by Crippen LogP contribution is -2.00. The van der Waals surface area contributed by atoms with Crippen LogP contribution in [0.2, 0.25) is 0 Å². The lowest BCUT2D eigenvalue weighted by molar-refractivity contribution is -0.0425. The summed E-state index contributed by atoms with van der Waals surface area (Å²) in [5.74, 6) is 0. The molecular weight excluding hydrogens is 252 g/mol. The number of para-hydroxylation sites is 1. The maximum atomic E-state index is 5.70. The van der Waals surface area contributed by atoms with E-state index in [2.05, 4.69) is 22.1 Å². The van der Waals surface area contributed by atoms with Crippen LogP contribution >= 0.6 is 0 Å². The molecule has 4 rings (SSSR count). The van der Waals surface area contributed by atoms with Gasteiger partial charge in [0.25, 0.3) is 0 Å². The molecular formula is C16H14N2O2. The second kappa shape index (κ2) is 4.74. The van der Waals surface area contributed by atoms with Crippen LogP contribution in [0.3, 0.4) is 0 Å². The van der Waals surface area contributed by atoms with Crippen LogP contribution in [0.15, 0.2) is 48.7 Å². The van der Waals surface area contributed by atoms with Crippen molar-refractivity contribution in [2.45, 2.75) is 6.29 Å². The fraction of sp³-hybridized carbons (Fsp3) is 0.188. The van der Waals surface area contributed by atoms with Crippen molar-refractivity contribution in [1.82, 2.24) is 9.97 Å². The number of nitrogens with zero attached hydrogens (tertiary/aromatic N) is 1. The molecule has 0 aliphatic carbocycles. The molecule has 0 atom stereocenters. The van der Waals surface area contributed by atoms with Crippen LogP contribution in [0.4, 0.5) is 0 Å². The first-order chi connectivity index (χ1) is 9.93. The van der Waals surface area contributed by atoms with Crippen LogP contribution in [0, 0.1) is 0 Å². The first kappa shape index (κ1) is 11.6. The third-order valence-corrected chi connectivity index (χ3v) is 3.52. The molecule has 0 spiro atoms. The van der Waals surface area contributed by atoms with Crippen molar-refractivity contribution in [2.75, 3.05) is 13.2 Å². The van der Waals surface area contributed by atoms with Crippen molar-refractivity contribution >= 4 is 10.9 Å². The number of pyridine rings is 1. The number of fused-ring (bicyclic) bond motifs is 1. The Hall–Kier alpha value is -2.17. The minimum atomic E-state index is -0.317. The van der Waals surface area contributed by atoms with Gasteiger partial charge in [-0.25, -0.2) is 0 Å². The van der Waals surface area contributed by atoms with Crippen molar-refractivity contribution in [2.24, 2.45) is 0 Å². The first-order valence-electron chi connectivity index (χ1n) is 6.69. The number of aromatic nitrogens is 2. The molecule has 4 heteroatoms. The van der Waals surface area contributed by atoms with E-state index in [1.54, 1.807) is 6.20 Å². The number of aromatic amines is 1. The van der Waals surface area contributed by atoms with Crippen molar-refractivity contribution in [3.05, 3.63) is 54.2 Å². The molecule has 1 saturated heterocycles. The third-order valence-electron chi connectivity index (χ3n) is 3.52. The molecule has 1 N–H and O–H groups in total. The summed E-state index contributed by atoms with van der Waals surface area (Å²) in [6, 6.07) is 14.1. The van der Waals surface area contributed by atoms with Crippen molar-refractivity contribution in [3.8, 4) is 11.4 Å². The summed E-state index contributed by atoms with van der Waals surface area (Å²) in [7, 11) is 0. The predicted octanol–water partition coefficient (Wildman–Crippen LogP) is 3.28. The minimum absolute atomic E-state index is 0.317. The van der Waals surface area contributed by atoms with Crippen LogP contribution < -0.4 is 0 Å². The normalized spacial score (nSPS) is 16.0. The van der Waals surface area contributed by atoms with Gasteiger partial charge >= 0.3 is 0 Å². The van der Waals surface area contributed by atoms with Crippen LogP contribution in [-0.4, -0.2) is 23.2 Å². The molecule has 4 nitrogen and oxygen atoms in total. The molecule has 100 valence electrons. The van der Waals surface area contributed by atoms with Gasteiger partial charge < -0.3 is 14.5 Å². The number of rotatable bonds is 2. The molecule has 1 aliphatic rings. The van der Waals surface area contributed by atoms with Gasteiger partial charge in [0, 0.05) is 22.7 Å². The van der Waals surface area contributed by atoms with Gasteiger partial charge in [-0.15, -0.1) is 0 Å². The maximum Gasteiger partial charge on any atom is 0.186 e. The average molecular weight is 266 g/mol. The van der Waals surface area contributed by atoms with E-state index in [-0.39, 0.29) is 6.29 Å². The van der Waals surface area contributed by atoms with Gasteiger partial charge in [-0.05, 0) is 18.2 Å².